The van der Waals surface area contributed by atoms with Crippen LogP contribution in [-0.4, -0.2) is 39.5 Å². The molecule has 0 aromatic carbocycles. The van der Waals surface area contributed by atoms with Crippen LogP contribution in [0.25, 0.3) is 10.8 Å². The number of aryl methyl sites for hydroxylation is 1. The highest BCUT2D eigenvalue weighted by atomic mass is 32.1. The Morgan fingerprint density at radius 1 is 1.32 bits per heavy atom. The molecular formula is C22H33N3O2S. The van der Waals surface area contributed by atoms with E-state index in [9.17, 15) is 4.79 Å². The van der Waals surface area contributed by atoms with Crippen LogP contribution in [-0.2, 0) is 0 Å². The molecule has 0 saturated carbocycles. The fourth-order valence-corrected chi connectivity index (χ4v) is 5.38. The summed E-state index contributed by atoms with van der Waals surface area (Å²) in [6.07, 6.45) is 5.60. The van der Waals surface area contributed by atoms with Gasteiger partial charge in [-0.3, -0.25) is 4.79 Å². The number of carbonyl (C=O) groups is 1. The fraction of sp³-hybridized carbons (Fsp3) is 0.636. The lowest BCUT2D eigenvalue weighted by atomic mass is 9.79. The van der Waals surface area contributed by atoms with E-state index in [0.717, 1.165) is 47.9 Å². The van der Waals surface area contributed by atoms with Crippen molar-refractivity contribution in [3.05, 3.63) is 29.0 Å². The predicted octanol–water partition coefficient (Wildman–Crippen LogP) is 5.26. The molecule has 28 heavy (non-hydrogen) atoms. The maximum Gasteiger partial charge on any atom is 0.273 e. The van der Waals surface area contributed by atoms with Gasteiger partial charge in [-0.2, -0.15) is 0 Å². The maximum absolute atomic E-state index is 13.6. The molecule has 6 heteroatoms. The van der Waals surface area contributed by atoms with Gasteiger partial charge in [-0.1, -0.05) is 13.3 Å². The van der Waals surface area contributed by atoms with Gasteiger partial charge in [0, 0.05) is 28.5 Å². The Balaban J connectivity index is 1.90. The van der Waals surface area contributed by atoms with Gasteiger partial charge in [0.05, 0.1) is 6.26 Å². The third-order valence-electron chi connectivity index (χ3n) is 5.35. The van der Waals surface area contributed by atoms with Gasteiger partial charge in [0.15, 0.2) is 10.8 Å². The summed E-state index contributed by atoms with van der Waals surface area (Å²) < 4.78 is 5.48. The first-order valence-electron chi connectivity index (χ1n) is 10.2. The van der Waals surface area contributed by atoms with Gasteiger partial charge in [0.1, 0.15) is 5.69 Å². The minimum atomic E-state index is -0.00634. The van der Waals surface area contributed by atoms with E-state index >= 15 is 0 Å². The number of hydrogen-bond donors (Lipinski definition) is 1. The number of amides is 1. The van der Waals surface area contributed by atoms with E-state index in [1.807, 2.05) is 19.1 Å². The first-order valence-corrected chi connectivity index (χ1v) is 11.0. The van der Waals surface area contributed by atoms with E-state index in [2.05, 4.69) is 49.8 Å². The van der Waals surface area contributed by atoms with Crippen LogP contribution < -0.4 is 5.32 Å². The Labute approximate surface area is 172 Å². The summed E-state index contributed by atoms with van der Waals surface area (Å²) in [5.74, 6) is 0.773. The quantitative estimate of drug-likeness (QED) is 0.714. The van der Waals surface area contributed by atoms with Gasteiger partial charge in [-0.05, 0) is 66.0 Å². The van der Waals surface area contributed by atoms with E-state index in [-0.39, 0.29) is 23.0 Å². The lowest BCUT2D eigenvalue weighted by Crippen LogP contribution is -2.63. The molecule has 2 aromatic rings. The Morgan fingerprint density at radius 2 is 2.00 bits per heavy atom. The lowest BCUT2D eigenvalue weighted by Gasteiger charge is -2.49. The number of nitrogens with one attached hydrogen (secondary N) is 1. The van der Waals surface area contributed by atoms with E-state index in [1.165, 1.54) is 11.3 Å². The molecule has 0 unspecified atom stereocenters. The highest BCUT2D eigenvalue weighted by Crippen LogP contribution is 2.34. The van der Waals surface area contributed by atoms with Crippen LogP contribution in [0, 0.1) is 6.92 Å². The molecule has 0 radical (unpaired) electrons. The van der Waals surface area contributed by atoms with Gasteiger partial charge in [0.25, 0.3) is 5.91 Å². The minimum absolute atomic E-state index is 0.00634. The summed E-state index contributed by atoms with van der Waals surface area (Å²) in [5.41, 5.74) is 0.558. The first kappa shape index (κ1) is 21.1. The van der Waals surface area contributed by atoms with Crippen LogP contribution in [0.1, 0.15) is 75.7 Å². The molecule has 5 nitrogen and oxygen atoms in total. The number of nitrogens with zero attached hydrogens (tertiary/aromatic N) is 2. The average molecular weight is 404 g/mol. The molecule has 1 aliphatic rings. The van der Waals surface area contributed by atoms with Crippen LogP contribution in [0.3, 0.4) is 0 Å². The Hall–Kier alpha value is -1.66. The van der Waals surface area contributed by atoms with Crippen molar-refractivity contribution in [3.8, 4) is 10.8 Å². The Morgan fingerprint density at radius 3 is 2.57 bits per heavy atom. The molecule has 0 aliphatic carbocycles. The van der Waals surface area contributed by atoms with Crippen molar-refractivity contribution in [2.75, 3.05) is 6.54 Å². The molecular weight excluding hydrogens is 370 g/mol. The van der Waals surface area contributed by atoms with E-state index < -0.39 is 0 Å². The van der Waals surface area contributed by atoms with E-state index in [1.54, 1.807) is 6.26 Å². The van der Waals surface area contributed by atoms with E-state index in [4.69, 9.17) is 4.42 Å². The van der Waals surface area contributed by atoms with Crippen molar-refractivity contribution in [2.24, 2.45) is 0 Å². The molecule has 1 aliphatic heterocycles. The SMILES string of the molecule is CCCCN(C(=O)c1nc(-c2ccco2)sc1C)C1CC(C)(C)NC(C)(C)C1. The molecule has 2 aromatic heterocycles. The molecule has 1 N–H and O–H groups in total. The van der Waals surface area contributed by atoms with Crippen molar-refractivity contribution in [1.82, 2.24) is 15.2 Å². The molecule has 154 valence electrons. The van der Waals surface area contributed by atoms with Crippen molar-refractivity contribution < 1.29 is 9.21 Å². The van der Waals surface area contributed by atoms with Crippen molar-refractivity contribution in [2.45, 2.75) is 84.3 Å². The number of aromatic nitrogens is 1. The monoisotopic (exact) mass is 403 g/mol. The molecule has 0 bridgehead atoms. The summed E-state index contributed by atoms with van der Waals surface area (Å²) in [6.45, 7) is 13.8. The second-order valence-electron chi connectivity index (χ2n) is 9.21. The zero-order valence-corrected chi connectivity index (χ0v) is 18.8. The Bertz CT molecular complexity index is 792. The molecule has 3 heterocycles. The number of unbranched alkanes of at least 4 members (excludes halogenated alkanes) is 1. The number of piperidine rings is 1. The topological polar surface area (TPSA) is 58.4 Å². The molecule has 1 fully saturated rings. The number of furan rings is 1. The van der Waals surface area contributed by atoms with Crippen molar-refractivity contribution in [1.29, 1.82) is 0 Å². The van der Waals surface area contributed by atoms with E-state index in [0.29, 0.717) is 5.69 Å². The number of hydrogen-bond acceptors (Lipinski definition) is 5. The molecule has 1 saturated heterocycles. The molecule has 3 rings (SSSR count). The summed E-state index contributed by atoms with van der Waals surface area (Å²) in [7, 11) is 0. The van der Waals surface area contributed by atoms with Crippen LogP contribution in [0.2, 0.25) is 0 Å². The predicted molar refractivity (Wildman–Crippen MR) is 115 cm³/mol. The first-order chi connectivity index (χ1) is 13.1. The van der Waals surface area contributed by atoms with Gasteiger partial charge in [-0.25, -0.2) is 4.98 Å². The summed E-state index contributed by atoms with van der Waals surface area (Å²) in [4.78, 5) is 21.3. The second-order valence-corrected chi connectivity index (χ2v) is 10.4. The average Bonchev–Trinajstić information content (AvgIpc) is 3.21. The lowest BCUT2D eigenvalue weighted by molar-refractivity contribution is 0.0437. The summed E-state index contributed by atoms with van der Waals surface area (Å²) >= 11 is 1.52. The number of rotatable bonds is 6. The third-order valence-corrected chi connectivity index (χ3v) is 6.34. The molecule has 0 atom stereocenters. The smallest absolute Gasteiger partial charge is 0.273 e. The number of thiazole rings is 1. The van der Waals surface area contributed by atoms with Gasteiger partial charge < -0.3 is 14.6 Å². The van der Waals surface area contributed by atoms with Gasteiger partial charge >= 0.3 is 0 Å². The normalized spacial score (nSPS) is 18.9. The van der Waals surface area contributed by atoms with Crippen LogP contribution >= 0.6 is 11.3 Å². The van der Waals surface area contributed by atoms with Gasteiger partial charge in [0.2, 0.25) is 0 Å². The highest BCUT2D eigenvalue weighted by Gasteiger charge is 2.41. The summed E-state index contributed by atoms with van der Waals surface area (Å²) in [5, 5.41) is 4.49. The minimum Gasteiger partial charge on any atom is -0.462 e. The summed E-state index contributed by atoms with van der Waals surface area (Å²) in [6, 6.07) is 3.94. The fourth-order valence-electron chi connectivity index (χ4n) is 4.50. The Kier molecular flexibility index (Phi) is 6.01. The molecule has 0 spiro atoms. The standard InChI is InChI=1S/C22H33N3O2S/c1-7-8-11-25(16-13-21(3,4)24-22(5,6)14-16)20(26)18-15(2)28-19(23-18)17-10-9-12-27-17/h9-10,12,16,24H,7-8,11,13-14H2,1-6H3. The van der Waals surface area contributed by atoms with Crippen LogP contribution in [0.5, 0.6) is 0 Å². The second kappa shape index (κ2) is 7.99. The zero-order chi connectivity index (χ0) is 20.5. The van der Waals surface area contributed by atoms with Crippen LogP contribution in [0.15, 0.2) is 22.8 Å². The number of carbonyl (C=O) groups excluding carboxylic acids is 1. The van der Waals surface area contributed by atoms with Crippen LogP contribution in [0.4, 0.5) is 0 Å². The third kappa shape index (κ3) is 4.66. The maximum atomic E-state index is 13.6. The van der Waals surface area contributed by atoms with Gasteiger partial charge in [-0.15, -0.1) is 11.3 Å². The highest BCUT2D eigenvalue weighted by molar-refractivity contribution is 7.15. The van der Waals surface area contributed by atoms with Crippen molar-refractivity contribution >= 4 is 17.2 Å². The molecule has 1 amide bonds. The largest absolute Gasteiger partial charge is 0.462 e. The van der Waals surface area contributed by atoms with Crippen molar-refractivity contribution in [3.63, 3.8) is 0 Å². The zero-order valence-electron chi connectivity index (χ0n) is 18.0.